The minimum atomic E-state index is -0.244. The fraction of sp³-hybridized carbons (Fsp3) is 0.364. The molecule has 0 atom stereocenters. The van der Waals surface area contributed by atoms with Gasteiger partial charge >= 0.3 is 0 Å². The number of carbonyl (C=O) groups excluding carboxylic acids is 1. The second kappa shape index (κ2) is 10.5. The lowest BCUT2D eigenvalue weighted by Crippen LogP contribution is -2.38. The van der Waals surface area contributed by atoms with Crippen molar-refractivity contribution in [2.75, 3.05) is 26.2 Å². The molecule has 0 aliphatic rings. The van der Waals surface area contributed by atoms with Crippen LogP contribution in [0.25, 0.3) is 10.9 Å². The van der Waals surface area contributed by atoms with Crippen LogP contribution in [0.3, 0.4) is 0 Å². The summed E-state index contributed by atoms with van der Waals surface area (Å²) in [6, 6.07) is 6.55. The summed E-state index contributed by atoms with van der Waals surface area (Å²) in [6.45, 7) is 6.41. The third-order valence-electron chi connectivity index (χ3n) is 4.72. The first-order valence-electron chi connectivity index (χ1n) is 10.2. The molecule has 2 aromatic heterocycles. The van der Waals surface area contributed by atoms with Crippen LogP contribution in [0.4, 0.5) is 4.39 Å². The molecular weight excluding hydrogens is 385 g/mol. The Labute approximate surface area is 175 Å². The fourth-order valence-electron chi connectivity index (χ4n) is 3.18. The van der Waals surface area contributed by atoms with Gasteiger partial charge in [0.1, 0.15) is 5.82 Å². The zero-order chi connectivity index (χ0) is 21.3. The molecule has 0 unspecified atom stereocenters. The van der Waals surface area contributed by atoms with Gasteiger partial charge in [0, 0.05) is 48.8 Å². The average molecular weight is 413 g/mol. The zero-order valence-corrected chi connectivity index (χ0v) is 17.3. The summed E-state index contributed by atoms with van der Waals surface area (Å²) in [5, 5.41) is 10.4. The number of aliphatic imine (C=N–C) groups is 1. The summed E-state index contributed by atoms with van der Waals surface area (Å²) in [7, 11) is 0. The number of H-pyrrole nitrogens is 1. The Kier molecular flexibility index (Phi) is 7.48. The maximum Gasteiger partial charge on any atom is 0.287 e. The van der Waals surface area contributed by atoms with E-state index in [1.54, 1.807) is 12.1 Å². The molecule has 0 saturated heterocycles. The molecule has 0 bridgehead atoms. The third-order valence-corrected chi connectivity index (χ3v) is 4.72. The van der Waals surface area contributed by atoms with Crippen molar-refractivity contribution in [3.05, 3.63) is 59.4 Å². The predicted octanol–water partition coefficient (Wildman–Crippen LogP) is 3.13. The lowest BCUT2D eigenvalue weighted by atomic mass is 10.1. The highest BCUT2D eigenvalue weighted by atomic mass is 19.1. The van der Waals surface area contributed by atoms with Crippen molar-refractivity contribution in [3.8, 4) is 0 Å². The second-order valence-electron chi connectivity index (χ2n) is 6.98. The number of rotatable bonds is 9. The fourth-order valence-corrected chi connectivity index (χ4v) is 3.18. The number of hydrogen-bond acceptors (Lipinski definition) is 3. The number of carbonyl (C=O) groups is 1. The van der Waals surface area contributed by atoms with E-state index in [-0.39, 0.29) is 11.7 Å². The van der Waals surface area contributed by atoms with Gasteiger partial charge in [0.05, 0.1) is 6.26 Å². The number of aryl methyl sites for hydroxylation is 1. The standard InChI is InChI=1S/C22H28FN5O2/c1-3-24-22(26-10-4-9-25-21(29)20-15(2)8-12-30-20)27-11-7-16-14-28-19-13-17(23)5-6-18(16)19/h5-6,8,12-14,28H,3-4,7,9-11H2,1-2H3,(H,25,29)(H2,24,26,27). The average Bonchev–Trinajstić information content (AvgIpc) is 3.33. The summed E-state index contributed by atoms with van der Waals surface area (Å²) >= 11 is 0. The highest BCUT2D eigenvalue weighted by molar-refractivity contribution is 5.92. The summed E-state index contributed by atoms with van der Waals surface area (Å²) in [5.41, 5.74) is 2.76. The van der Waals surface area contributed by atoms with E-state index in [1.807, 2.05) is 20.0 Å². The van der Waals surface area contributed by atoms with Crippen molar-refractivity contribution in [2.24, 2.45) is 4.99 Å². The quantitative estimate of drug-likeness (QED) is 0.246. The van der Waals surface area contributed by atoms with Gasteiger partial charge in [-0.2, -0.15) is 0 Å². The molecule has 3 rings (SSSR count). The lowest BCUT2D eigenvalue weighted by Gasteiger charge is -2.11. The van der Waals surface area contributed by atoms with E-state index in [4.69, 9.17) is 4.42 Å². The molecule has 0 radical (unpaired) electrons. The topological polar surface area (TPSA) is 94.4 Å². The van der Waals surface area contributed by atoms with E-state index >= 15 is 0 Å². The second-order valence-corrected chi connectivity index (χ2v) is 6.98. The Hall–Kier alpha value is -3.29. The first-order chi connectivity index (χ1) is 14.6. The van der Waals surface area contributed by atoms with Gasteiger partial charge in [-0.3, -0.25) is 9.79 Å². The Morgan fingerprint density at radius 2 is 2.07 bits per heavy atom. The van der Waals surface area contributed by atoms with Crippen LogP contribution in [-0.2, 0) is 6.42 Å². The molecule has 30 heavy (non-hydrogen) atoms. The minimum Gasteiger partial charge on any atom is -0.459 e. The molecule has 8 heteroatoms. The number of guanidine groups is 1. The van der Waals surface area contributed by atoms with Crippen molar-refractivity contribution < 1.29 is 13.6 Å². The number of hydrogen-bond donors (Lipinski definition) is 4. The number of nitrogens with zero attached hydrogens (tertiary/aromatic N) is 1. The molecule has 3 aromatic rings. The van der Waals surface area contributed by atoms with E-state index in [0.29, 0.717) is 25.4 Å². The number of fused-ring (bicyclic) bond motifs is 1. The Morgan fingerprint density at radius 3 is 2.83 bits per heavy atom. The molecule has 0 spiro atoms. The van der Waals surface area contributed by atoms with Crippen LogP contribution in [0.5, 0.6) is 0 Å². The molecule has 0 fully saturated rings. The normalized spacial score (nSPS) is 11.6. The van der Waals surface area contributed by atoms with Gasteiger partial charge in [0.25, 0.3) is 5.91 Å². The van der Waals surface area contributed by atoms with Crippen LogP contribution in [0.15, 0.2) is 46.1 Å². The predicted molar refractivity (Wildman–Crippen MR) is 116 cm³/mol. The van der Waals surface area contributed by atoms with Crippen LogP contribution in [-0.4, -0.2) is 43.0 Å². The van der Waals surface area contributed by atoms with Crippen molar-refractivity contribution in [1.29, 1.82) is 0 Å². The van der Waals surface area contributed by atoms with Crippen molar-refractivity contribution >= 4 is 22.8 Å². The molecule has 0 saturated carbocycles. The Morgan fingerprint density at radius 1 is 1.20 bits per heavy atom. The van der Waals surface area contributed by atoms with E-state index in [2.05, 4.69) is 25.9 Å². The summed E-state index contributed by atoms with van der Waals surface area (Å²) in [6.07, 6.45) is 4.93. The van der Waals surface area contributed by atoms with Crippen molar-refractivity contribution in [2.45, 2.75) is 26.7 Å². The van der Waals surface area contributed by atoms with Gasteiger partial charge in [-0.05, 0) is 56.5 Å². The van der Waals surface area contributed by atoms with Crippen molar-refractivity contribution in [1.82, 2.24) is 20.9 Å². The van der Waals surface area contributed by atoms with Gasteiger partial charge in [-0.15, -0.1) is 0 Å². The van der Waals surface area contributed by atoms with Gasteiger partial charge in [-0.25, -0.2) is 4.39 Å². The van der Waals surface area contributed by atoms with Gasteiger partial charge in [0.2, 0.25) is 0 Å². The van der Waals surface area contributed by atoms with E-state index in [1.165, 1.54) is 18.4 Å². The van der Waals surface area contributed by atoms with Gasteiger partial charge in [0.15, 0.2) is 11.7 Å². The Bertz CT molecular complexity index is 1010. The molecule has 2 heterocycles. The smallest absolute Gasteiger partial charge is 0.287 e. The van der Waals surface area contributed by atoms with Gasteiger partial charge in [-0.1, -0.05) is 0 Å². The van der Waals surface area contributed by atoms with Crippen LogP contribution in [0.2, 0.25) is 0 Å². The SMILES string of the molecule is CCNC(=NCCCNC(=O)c1occc1C)NCCc1c[nH]c2cc(F)ccc12. The molecule has 160 valence electrons. The Balaban J connectivity index is 1.42. The lowest BCUT2D eigenvalue weighted by molar-refractivity contribution is 0.0925. The number of halogens is 1. The molecule has 4 N–H and O–H groups in total. The van der Waals surface area contributed by atoms with Gasteiger partial charge < -0.3 is 25.4 Å². The third kappa shape index (κ3) is 5.62. The maximum absolute atomic E-state index is 13.3. The molecule has 0 aliphatic carbocycles. The minimum absolute atomic E-state index is 0.204. The molecule has 7 nitrogen and oxygen atoms in total. The molecule has 0 aliphatic heterocycles. The first-order valence-corrected chi connectivity index (χ1v) is 10.2. The number of furan rings is 1. The summed E-state index contributed by atoms with van der Waals surface area (Å²) in [4.78, 5) is 19.7. The van der Waals surface area contributed by atoms with Crippen LogP contribution < -0.4 is 16.0 Å². The maximum atomic E-state index is 13.3. The number of nitrogens with one attached hydrogen (secondary N) is 4. The highest BCUT2D eigenvalue weighted by Gasteiger charge is 2.11. The molecule has 1 amide bonds. The van der Waals surface area contributed by atoms with Crippen LogP contribution >= 0.6 is 0 Å². The van der Waals surface area contributed by atoms with E-state index < -0.39 is 0 Å². The number of aromatic nitrogens is 1. The number of aromatic amines is 1. The van der Waals surface area contributed by atoms with Crippen molar-refractivity contribution in [3.63, 3.8) is 0 Å². The van der Waals surface area contributed by atoms with E-state index in [9.17, 15) is 9.18 Å². The number of amides is 1. The summed E-state index contributed by atoms with van der Waals surface area (Å²) in [5.74, 6) is 0.640. The zero-order valence-electron chi connectivity index (χ0n) is 17.3. The molecular formula is C22H28FN5O2. The first kappa shape index (κ1) is 21.4. The summed E-state index contributed by atoms with van der Waals surface area (Å²) < 4.78 is 18.5. The van der Waals surface area contributed by atoms with Crippen LogP contribution in [0.1, 0.15) is 35.0 Å². The molecule has 1 aromatic carbocycles. The van der Waals surface area contributed by atoms with E-state index in [0.717, 1.165) is 47.4 Å². The highest BCUT2D eigenvalue weighted by Crippen LogP contribution is 2.19. The largest absolute Gasteiger partial charge is 0.459 e. The van der Waals surface area contributed by atoms with Crippen LogP contribution in [0, 0.1) is 12.7 Å². The number of benzene rings is 1. The monoisotopic (exact) mass is 413 g/mol.